The van der Waals surface area contributed by atoms with Gasteiger partial charge in [0.2, 0.25) is 5.95 Å². The first-order valence-electron chi connectivity index (χ1n) is 10.8. The van der Waals surface area contributed by atoms with E-state index in [0.29, 0.717) is 36.2 Å². The number of benzene rings is 2. The zero-order chi connectivity index (χ0) is 23.0. The van der Waals surface area contributed by atoms with Crippen molar-refractivity contribution in [3.63, 3.8) is 0 Å². The highest BCUT2D eigenvalue weighted by atomic mass is 35.5. The molecule has 0 aliphatic carbocycles. The molecular formula is C24H28Cl2N4O2. The first-order valence-corrected chi connectivity index (χ1v) is 11.5. The van der Waals surface area contributed by atoms with E-state index in [2.05, 4.69) is 22.5 Å². The van der Waals surface area contributed by atoms with E-state index in [1.165, 1.54) is 0 Å². The van der Waals surface area contributed by atoms with Gasteiger partial charge in [0, 0.05) is 25.7 Å². The molecule has 1 fully saturated rings. The summed E-state index contributed by atoms with van der Waals surface area (Å²) in [6.45, 7) is 10.2. The molecule has 1 amide bonds. The van der Waals surface area contributed by atoms with E-state index < -0.39 is 5.60 Å². The van der Waals surface area contributed by atoms with Gasteiger partial charge in [-0.2, -0.15) is 0 Å². The summed E-state index contributed by atoms with van der Waals surface area (Å²) in [5.74, 6) is 0.883. The number of halogens is 2. The number of imidazole rings is 1. The Balaban J connectivity index is 1.62. The average Bonchev–Trinajstić information content (AvgIpc) is 3.07. The molecule has 1 aliphatic rings. The molecule has 1 saturated heterocycles. The number of carbonyl (C=O) groups excluding carboxylic acids is 1. The van der Waals surface area contributed by atoms with Crippen molar-refractivity contribution in [2.75, 3.05) is 24.5 Å². The fraction of sp³-hybridized carbons (Fsp3) is 0.417. The number of fused-ring (bicyclic) bond motifs is 1. The Bertz CT molecular complexity index is 1140. The second-order valence-corrected chi connectivity index (χ2v) is 10.0. The maximum Gasteiger partial charge on any atom is 0.410 e. The maximum atomic E-state index is 12.6. The van der Waals surface area contributed by atoms with Gasteiger partial charge < -0.3 is 19.1 Å². The topological polar surface area (TPSA) is 50.6 Å². The molecule has 3 aromatic rings. The number of rotatable bonds is 3. The van der Waals surface area contributed by atoms with Crippen molar-refractivity contribution in [3.05, 3.63) is 58.1 Å². The number of piperazine rings is 1. The summed E-state index contributed by atoms with van der Waals surface area (Å²) < 4.78 is 7.77. The predicted molar refractivity (Wildman–Crippen MR) is 130 cm³/mol. The van der Waals surface area contributed by atoms with Crippen LogP contribution < -0.4 is 4.90 Å². The molecule has 8 heteroatoms. The molecule has 2 aromatic carbocycles. The summed E-state index contributed by atoms with van der Waals surface area (Å²) in [5, 5.41) is 1.08. The number of hydrogen-bond donors (Lipinski definition) is 0. The van der Waals surface area contributed by atoms with Crippen molar-refractivity contribution in [1.82, 2.24) is 14.5 Å². The lowest BCUT2D eigenvalue weighted by Gasteiger charge is -2.40. The third-order valence-corrected chi connectivity index (χ3v) is 6.23. The second-order valence-electron chi connectivity index (χ2n) is 9.20. The number of carbonyl (C=O) groups is 1. The number of amides is 1. The van der Waals surface area contributed by atoms with Crippen molar-refractivity contribution in [1.29, 1.82) is 0 Å². The minimum absolute atomic E-state index is 0.0839. The summed E-state index contributed by atoms with van der Waals surface area (Å²) in [6, 6.07) is 13.9. The molecular weight excluding hydrogens is 447 g/mol. The molecule has 1 aliphatic heterocycles. The molecule has 170 valence electrons. The fourth-order valence-corrected chi connectivity index (χ4v) is 4.33. The standard InChI is InChI=1S/C24H28Cl2N4O2/c1-16-14-28(23(31)32-24(2,3)4)11-12-29(16)22-27-20-7-5-6-8-21(20)30(22)15-17-9-10-18(25)19(26)13-17/h5-10,13,16H,11-12,14-15H2,1-4H3/t16-/m0/s1. The van der Waals surface area contributed by atoms with Crippen LogP contribution in [0.5, 0.6) is 0 Å². The molecule has 0 saturated carbocycles. The molecule has 2 heterocycles. The largest absolute Gasteiger partial charge is 0.444 e. The van der Waals surface area contributed by atoms with Gasteiger partial charge in [-0.1, -0.05) is 41.4 Å². The van der Waals surface area contributed by atoms with E-state index in [1.807, 2.05) is 57.2 Å². The van der Waals surface area contributed by atoms with E-state index in [1.54, 1.807) is 4.90 Å². The summed E-state index contributed by atoms with van der Waals surface area (Å²) in [6.07, 6.45) is -0.270. The minimum atomic E-state index is -0.509. The monoisotopic (exact) mass is 474 g/mol. The number of ether oxygens (including phenoxy) is 1. The number of nitrogens with zero attached hydrogens (tertiary/aromatic N) is 4. The zero-order valence-electron chi connectivity index (χ0n) is 18.8. The van der Waals surface area contributed by atoms with Crippen molar-refractivity contribution in [2.45, 2.75) is 45.9 Å². The van der Waals surface area contributed by atoms with Gasteiger partial charge in [0.15, 0.2) is 0 Å². The molecule has 4 rings (SSSR count). The molecule has 0 radical (unpaired) electrons. The van der Waals surface area contributed by atoms with Crippen LogP contribution in [0.4, 0.5) is 10.7 Å². The number of hydrogen-bond acceptors (Lipinski definition) is 4. The number of aromatic nitrogens is 2. The predicted octanol–water partition coefficient (Wildman–Crippen LogP) is 5.84. The maximum absolute atomic E-state index is 12.6. The van der Waals surface area contributed by atoms with Gasteiger partial charge in [-0.3, -0.25) is 0 Å². The lowest BCUT2D eigenvalue weighted by Crippen LogP contribution is -2.55. The molecule has 1 aromatic heterocycles. The highest BCUT2D eigenvalue weighted by Gasteiger charge is 2.32. The van der Waals surface area contributed by atoms with Gasteiger partial charge in [0.05, 0.1) is 27.6 Å². The molecule has 0 unspecified atom stereocenters. The average molecular weight is 475 g/mol. The van der Waals surface area contributed by atoms with Gasteiger partial charge in [0.25, 0.3) is 0 Å². The highest BCUT2D eigenvalue weighted by molar-refractivity contribution is 6.42. The fourth-order valence-electron chi connectivity index (χ4n) is 4.01. The van der Waals surface area contributed by atoms with Gasteiger partial charge in [-0.05, 0) is 57.5 Å². The summed E-state index contributed by atoms with van der Waals surface area (Å²) in [4.78, 5) is 21.5. The zero-order valence-corrected chi connectivity index (χ0v) is 20.3. The summed E-state index contributed by atoms with van der Waals surface area (Å²) in [5.41, 5.74) is 2.52. The number of anilines is 1. The number of para-hydroxylation sites is 2. The van der Waals surface area contributed by atoms with Crippen LogP contribution in [-0.2, 0) is 11.3 Å². The molecule has 0 spiro atoms. The molecule has 32 heavy (non-hydrogen) atoms. The van der Waals surface area contributed by atoms with Crippen LogP contribution >= 0.6 is 23.2 Å². The van der Waals surface area contributed by atoms with E-state index in [9.17, 15) is 4.79 Å². The first-order chi connectivity index (χ1) is 15.1. The Morgan fingerprint density at radius 2 is 1.88 bits per heavy atom. The van der Waals surface area contributed by atoms with E-state index >= 15 is 0 Å². The van der Waals surface area contributed by atoms with Crippen LogP contribution in [0, 0.1) is 0 Å². The van der Waals surface area contributed by atoms with Crippen molar-refractivity contribution in [2.24, 2.45) is 0 Å². The normalized spacial score (nSPS) is 17.1. The third-order valence-electron chi connectivity index (χ3n) is 5.50. The van der Waals surface area contributed by atoms with Crippen LogP contribution in [0.1, 0.15) is 33.3 Å². The Morgan fingerprint density at radius 3 is 2.56 bits per heavy atom. The van der Waals surface area contributed by atoms with Crippen LogP contribution in [-0.4, -0.2) is 51.8 Å². The first kappa shape index (κ1) is 22.7. The van der Waals surface area contributed by atoms with Crippen LogP contribution in [0.25, 0.3) is 11.0 Å². The van der Waals surface area contributed by atoms with Gasteiger partial charge in [-0.15, -0.1) is 0 Å². The van der Waals surface area contributed by atoms with Crippen molar-refractivity contribution >= 4 is 46.3 Å². The summed E-state index contributed by atoms with van der Waals surface area (Å²) in [7, 11) is 0. The minimum Gasteiger partial charge on any atom is -0.444 e. The van der Waals surface area contributed by atoms with E-state index in [4.69, 9.17) is 32.9 Å². The van der Waals surface area contributed by atoms with E-state index in [-0.39, 0.29) is 12.1 Å². The summed E-state index contributed by atoms with van der Waals surface area (Å²) >= 11 is 12.4. The molecule has 0 bridgehead atoms. The third kappa shape index (κ3) is 4.81. The Labute approximate surface area is 198 Å². The van der Waals surface area contributed by atoms with Crippen LogP contribution in [0.15, 0.2) is 42.5 Å². The van der Waals surface area contributed by atoms with Crippen molar-refractivity contribution in [3.8, 4) is 0 Å². The Morgan fingerprint density at radius 1 is 1.12 bits per heavy atom. The lowest BCUT2D eigenvalue weighted by atomic mass is 10.2. The molecule has 1 atom stereocenters. The van der Waals surface area contributed by atoms with Gasteiger partial charge in [0.1, 0.15) is 5.60 Å². The smallest absolute Gasteiger partial charge is 0.410 e. The quantitative estimate of drug-likeness (QED) is 0.478. The lowest BCUT2D eigenvalue weighted by molar-refractivity contribution is 0.0218. The highest BCUT2D eigenvalue weighted by Crippen LogP contribution is 2.29. The van der Waals surface area contributed by atoms with Crippen LogP contribution in [0.3, 0.4) is 0 Å². The van der Waals surface area contributed by atoms with Gasteiger partial charge >= 0.3 is 6.09 Å². The van der Waals surface area contributed by atoms with Crippen LogP contribution in [0.2, 0.25) is 10.0 Å². The molecule has 0 N–H and O–H groups in total. The van der Waals surface area contributed by atoms with Crippen molar-refractivity contribution < 1.29 is 9.53 Å². The van der Waals surface area contributed by atoms with E-state index in [0.717, 1.165) is 22.5 Å². The second kappa shape index (κ2) is 8.83. The SMILES string of the molecule is C[C@H]1CN(C(=O)OC(C)(C)C)CCN1c1nc2ccccc2n1Cc1ccc(Cl)c(Cl)c1. The Hall–Kier alpha value is -2.44. The Kier molecular flexibility index (Phi) is 6.28. The molecule has 6 nitrogen and oxygen atoms in total. The van der Waals surface area contributed by atoms with Gasteiger partial charge in [-0.25, -0.2) is 9.78 Å².